The van der Waals surface area contributed by atoms with Gasteiger partial charge in [-0.1, -0.05) is 12.1 Å². The van der Waals surface area contributed by atoms with E-state index in [9.17, 15) is 18.5 Å². The first-order valence-corrected chi connectivity index (χ1v) is 8.60. The van der Waals surface area contributed by atoms with Crippen molar-refractivity contribution < 1.29 is 13.3 Å². The van der Waals surface area contributed by atoms with E-state index in [0.717, 1.165) is 12.0 Å². The molecule has 1 N–H and O–H groups in total. The molecule has 0 aromatic heterocycles. The molecule has 0 amide bonds. The minimum Gasteiger partial charge on any atom is -0.312 e. The van der Waals surface area contributed by atoms with Gasteiger partial charge in [-0.15, -0.1) is 0 Å². The first-order valence-electron chi connectivity index (χ1n) is 6.75. The van der Waals surface area contributed by atoms with Crippen LogP contribution in [0.15, 0.2) is 24.3 Å². The van der Waals surface area contributed by atoms with E-state index in [-0.39, 0.29) is 5.69 Å². The van der Waals surface area contributed by atoms with E-state index in [0.29, 0.717) is 32.1 Å². The zero-order valence-electron chi connectivity index (χ0n) is 11.9. The fourth-order valence-corrected chi connectivity index (χ4v) is 3.38. The molecule has 1 aromatic carbocycles. The first kappa shape index (κ1) is 15.9. The van der Waals surface area contributed by atoms with Gasteiger partial charge in [-0.3, -0.25) is 10.1 Å². The summed E-state index contributed by atoms with van der Waals surface area (Å²) in [7, 11) is -3.10. The lowest BCUT2D eigenvalue weighted by Crippen LogP contribution is -2.30. The number of benzene rings is 1. The molecule has 1 heterocycles. The second-order valence-electron chi connectivity index (χ2n) is 5.33. The Labute approximate surface area is 124 Å². The van der Waals surface area contributed by atoms with Crippen molar-refractivity contribution in [3.8, 4) is 0 Å². The van der Waals surface area contributed by atoms with Crippen LogP contribution in [0.1, 0.15) is 12.0 Å². The Hall–Kier alpha value is -1.51. The summed E-state index contributed by atoms with van der Waals surface area (Å²) < 4.78 is 24.3. The Bertz CT molecular complexity index is 618. The van der Waals surface area contributed by atoms with Crippen molar-refractivity contribution in [1.82, 2.24) is 9.62 Å². The van der Waals surface area contributed by atoms with Crippen LogP contribution in [0.4, 0.5) is 5.69 Å². The van der Waals surface area contributed by atoms with Gasteiger partial charge in [0.25, 0.3) is 5.69 Å². The van der Waals surface area contributed by atoms with E-state index in [4.69, 9.17) is 0 Å². The first-order chi connectivity index (χ1) is 9.86. The maximum absolute atomic E-state index is 11.4. The highest BCUT2D eigenvalue weighted by Crippen LogP contribution is 2.18. The molecule has 1 aromatic rings. The lowest BCUT2D eigenvalue weighted by molar-refractivity contribution is -0.384. The molecule has 8 heteroatoms. The second kappa shape index (κ2) is 6.50. The van der Waals surface area contributed by atoms with Crippen LogP contribution >= 0.6 is 0 Å². The molecule has 1 aliphatic rings. The quantitative estimate of drug-likeness (QED) is 0.624. The largest absolute Gasteiger partial charge is 0.312 e. The predicted octanol–water partition coefficient (Wildman–Crippen LogP) is 0.966. The van der Waals surface area contributed by atoms with Gasteiger partial charge >= 0.3 is 0 Å². The third kappa shape index (κ3) is 4.48. The van der Waals surface area contributed by atoms with Crippen LogP contribution in [-0.2, 0) is 16.6 Å². The summed E-state index contributed by atoms with van der Waals surface area (Å²) in [6.45, 7) is 2.36. The van der Waals surface area contributed by atoms with Crippen LogP contribution in [0.2, 0.25) is 0 Å². The number of nitrogens with one attached hydrogen (secondary N) is 1. The molecule has 0 radical (unpaired) electrons. The molecule has 0 spiro atoms. The molecule has 1 fully saturated rings. The van der Waals surface area contributed by atoms with E-state index in [1.165, 1.54) is 16.6 Å². The zero-order chi connectivity index (χ0) is 15.5. The molecule has 0 unspecified atom stereocenters. The van der Waals surface area contributed by atoms with Gasteiger partial charge in [-0.25, -0.2) is 12.7 Å². The standard InChI is InChI=1S/C13H19N3O4S/c1-21(19,20)15-6-5-12(10-15)9-14-8-11-3-2-4-13(7-11)16(17)18/h2-4,7,12,14H,5-6,8-10H2,1H3/t12-/m0/s1. The Balaban J connectivity index is 1.80. The van der Waals surface area contributed by atoms with E-state index in [1.807, 2.05) is 6.07 Å². The lowest BCUT2D eigenvalue weighted by atomic mass is 10.1. The Morgan fingerprint density at radius 1 is 1.48 bits per heavy atom. The monoisotopic (exact) mass is 313 g/mol. The number of hydrogen-bond acceptors (Lipinski definition) is 5. The van der Waals surface area contributed by atoms with Crippen LogP contribution in [0, 0.1) is 16.0 Å². The zero-order valence-corrected chi connectivity index (χ0v) is 12.7. The van der Waals surface area contributed by atoms with Gasteiger partial charge in [0, 0.05) is 31.8 Å². The molecule has 0 bridgehead atoms. The van der Waals surface area contributed by atoms with Crippen LogP contribution in [-0.4, -0.2) is 43.5 Å². The van der Waals surface area contributed by atoms with Gasteiger partial charge < -0.3 is 5.32 Å². The topological polar surface area (TPSA) is 92.6 Å². The van der Waals surface area contributed by atoms with Gasteiger partial charge in [-0.05, 0) is 24.4 Å². The highest BCUT2D eigenvalue weighted by Gasteiger charge is 2.27. The molecule has 0 aliphatic carbocycles. The maximum Gasteiger partial charge on any atom is 0.269 e. The molecule has 2 rings (SSSR count). The SMILES string of the molecule is CS(=O)(=O)N1CC[C@@H](CNCc2cccc([N+](=O)[O-])c2)C1. The number of nitro groups is 1. The van der Waals surface area contributed by atoms with Gasteiger partial charge in [-0.2, -0.15) is 0 Å². The fourth-order valence-electron chi connectivity index (χ4n) is 2.47. The number of nitro benzene ring substituents is 1. The Morgan fingerprint density at radius 3 is 2.86 bits per heavy atom. The predicted molar refractivity (Wildman–Crippen MR) is 79.3 cm³/mol. The normalized spacial score (nSPS) is 19.8. The molecule has 0 saturated carbocycles. The summed E-state index contributed by atoms with van der Waals surface area (Å²) in [5, 5.41) is 13.9. The smallest absolute Gasteiger partial charge is 0.269 e. The fraction of sp³-hybridized carbons (Fsp3) is 0.538. The van der Waals surface area contributed by atoms with E-state index < -0.39 is 14.9 Å². The third-order valence-electron chi connectivity index (χ3n) is 3.60. The van der Waals surface area contributed by atoms with Crippen molar-refractivity contribution in [2.24, 2.45) is 5.92 Å². The second-order valence-corrected chi connectivity index (χ2v) is 7.32. The van der Waals surface area contributed by atoms with Gasteiger partial charge in [0.15, 0.2) is 0 Å². The summed E-state index contributed by atoms with van der Waals surface area (Å²) in [4.78, 5) is 10.3. The summed E-state index contributed by atoms with van der Waals surface area (Å²) in [5.41, 5.74) is 0.931. The number of hydrogen-bond donors (Lipinski definition) is 1. The average Bonchev–Trinajstić information content (AvgIpc) is 2.88. The Morgan fingerprint density at radius 2 is 2.24 bits per heavy atom. The van der Waals surface area contributed by atoms with Crippen molar-refractivity contribution in [3.05, 3.63) is 39.9 Å². The number of nitrogens with zero attached hydrogens (tertiary/aromatic N) is 2. The molecule has 1 saturated heterocycles. The van der Waals surface area contributed by atoms with Crippen molar-refractivity contribution in [2.75, 3.05) is 25.9 Å². The lowest BCUT2D eigenvalue weighted by Gasteiger charge is -2.13. The summed E-state index contributed by atoms with van der Waals surface area (Å²) in [6, 6.07) is 6.50. The maximum atomic E-state index is 11.4. The number of non-ortho nitro benzene ring substituents is 1. The molecule has 1 aliphatic heterocycles. The number of sulfonamides is 1. The van der Waals surface area contributed by atoms with Crippen LogP contribution in [0.5, 0.6) is 0 Å². The molecule has 1 atom stereocenters. The van der Waals surface area contributed by atoms with Gasteiger partial charge in [0.2, 0.25) is 10.0 Å². The van der Waals surface area contributed by atoms with Gasteiger partial charge in [0.1, 0.15) is 0 Å². The van der Waals surface area contributed by atoms with Crippen LogP contribution in [0.3, 0.4) is 0 Å². The van der Waals surface area contributed by atoms with Crippen LogP contribution in [0.25, 0.3) is 0 Å². The molecule has 7 nitrogen and oxygen atoms in total. The Kier molecular flexibility index (Phi) is 4.92. The van der Waals surface area contributed by atoms with Crippen molar-refractivity contribution >= 4 is 15.7 Å². The summed E-state index contributed by atoms with van der Waals surface area (Å²) in [5.74, 6) is 0.290. The van der Waals surface area contributed by atoms with Crippen LogP contribution < -0.4 is 5.32 Å². The highest BCUT2D eigenvalue weighted by atomic mass is 32.2. The van der Waals surface area contributed by atoms with Crippen molar-refractivity contribution in [1.29, 1.82) is 0 Å². The molecular formula is C13H19N3O4S. The molecule has 116 valence electrons. The minimum absolute atomic E-state index is 0.0819. The summed E-state index contributed by atoms with van der Waals surface area (Å²) >= 11 is 0. The summed E-state index contributed by atoms with van der Waals surface area (Å²) in [6.07, 6.45) is 2.07. The minimum atomic E-state index is -3.10. The highest BCUT2D eigenvalue weighted by molar-refractivity contribution is 7.88. The van der Waals surface area contributed by atoms with Gasteiger partial charge in [0.05, 0.1) is 11.2 Å². The molecule has 21 heavy (non-hydrogen) atoms. The van der Waals surface area contributed by atoms with E-state index >= 15 is 0 Å². The molecular weight excluding hydrogens is 294 g/mol. The van der Waals surface area contributed by atoms with Crippen molar-refractivity contribution in [3.63, 3.8) is 0 Å². The van der Waals surface area contributed by atoms with E-state index in [1.54, 1.807) is 12.1 Å². The van der Waals surface area contributed by atoms with E-state index in [2.05, 4.69) is 5.32 Å². The third-order valence-corrected chi connectivity index (χ3v) is 4.87. The van der Waals surface area contributed by atoms with Crippen molar-refractivity contribution in [2.45, 2.75) is 13.0 Å². The number of rotatable bonds is 6. The average molecular weight is 313 g/mol.